The number of aromatic nitrogens is 2. The Balaban J connectivity index is 2.13. The Hall–Kier alpha value is -1.68. The van der Waals surface area contributed by atoms with Crippen molar-refractivity contribution in [3.8, 4) is 0 Å². The van der Waals surface area contributed by atoms with Gasteiger partial charge in [-0.1, -0.05) is 23.7 Å². The Bertz CT molecular complexity index is 572. The van der Waals surface area contributed by atoms with Crippen molar-refractivity contribution in [2.24, 2.45) is 0 Å². The molecule has 5 heteroatoms. The van der Waals surface area contributed by atoms with E-state index in [1.807, 2.05) is 19.9 Å². The zero-order valence-corrected chi connectivity index (χ0v) is 10.9. The van der Waals surface area contributed by atoms with Gasteiger partial charge in [-0.15, -0.1) is 0 Å². The first kappa shape index (κ1) is 12.8. The van der Waals surface area contributed by atoms with Crippen molar-refractivity contribution in [1.82, 2.24) is 9.97 Å². The van der Waals surface area contributed by atoms with Crippen LogP contribution in [0.1, 0.15) is 17.0 Å². The molecule has 18 heavy (non-hydrogen) atoms. The van der Waals surface area contributed by atoms with Crippen LogP contribution in [0.15, 0.2) is 24.3 Å². The summed E-state index contributed by atoms with van der Waals surface area (Å²) in [6.45, 7) is 4.17. The van der Waals surface area contributed by atoms with E-state index in [1.54, 1.807) is 6.07 Å². The molecule has 2 rings (SSSR count). The quantitative estimate of drug-likeness (QED) is 0.923. The lowest BCUT2D eigenvalue weighted by atomic mass is 10.2. The number of nitrogens with one attached hydrogen (secondary N) is 1. The summed E-state index contributed by atoms with van der Waals surface area (Å²) in [5, 5.41) is 3.38. The molecule has 2 aromatic rings. The van der Waals surface area contributed by atoms with E-state index in [9.17, 15) is 4.39 Å². The monoisotopic (exact) mass is 265 g/mol. The number of hydrogen-bond acceptors (Lipinski definition) is 3. The number of nitrogens with zero attached hydrogens (tertiary/aromatic N) is 2. The number of benzene rings is 1. The van der Waals surface area contributed by atoms with Gasteiger partial charge in [-0.25, -0.2) is 14.4 Å². The minimum absolute atomic E-state index is 0.258. The van der Waals surface area contributed by atoms with Gasteiger partial charge in [-0.2, -0.15) is 0 Å². The summed E-state index contributed by atoms with van der Waals surface area (Å²) in [6, 6.07) is 6.38. The second-order valence-corrected chi connectivity index (χ2v) is 4.38. The molecule has 0 aliphatic heterocycles. The molecule has 0 aliphatic carbocycles. The van der Waals surface area contributed by atoms with E-state index in [1.165, 1.54) is 12.1 Å². The molecule has 3 nitrogen and oxygen atoms in total. The lowest BCUT2D eigenvalue weighted by Gasteiger charge is -2.09. The largest absolute Gasteiger partial charge is 0.363 e. The molecule has 0 spiro atoms. The topological polar surface area (TPSA) is 37.8 Å². The summed E-state index contributed by atoms with van der Waals surface area (Å²) >= 11 is 5.99. The number of rotatable bonds is 3. The average Bonchev–Trinajstić information content (AvgIpc) is 2.32. The van der Waals surface area contributed by atoms with Gasteiger partial charge in [-0.3, -0.25) is 0 Å². The van der Waals surface area contributed by atoms with Gasteiger partial charge >= 0.3 is 0 Å². The lowest BCUT2D eigenvalue weighted by molar-refractivity contribution is 0.626. The molecular formula is C13H13ClFN3. The van der Waals surface area contributed by atoms with Gasteiger partial charge in [0.15, 0.2) is 11.0 Å². The standard InChI is InChI=1S/C13H13ClFN3/c1-8-9(2)18-13(12(14)17-8)16-7-10-4-3-5-11(15)6-10/h3-6H,7H2,1-2H3,(H,16,18). The fourth-order valence-electron chi connectivity index (χ4n) is 1.52. The van der Waals surface area contributed by atoms with Gasteiger partial charge in [0, 0.05) is 6.54 Å². The summed E-state index contributed by atoms with van der Waals surface area (Å²) in [5.74, 6) is 0.260. The third-order valence-corrected chi connectivity index (χ3v) is 2.88. The van der Waals surface area contributed by atoms with Crippen molar-refractivity contribution in [2.45, 2.75) is 20.4 Å². The van der Waals surface area contributed by atoms with E-state index in [4.69, 9.17) is 11.6 Å². The van der Waals surface area contributed by atoms with Crippen LogP contribution in [0.2, 0.25) is 5.15 Å². The zero-order chi connectivity index (χ0) is 13.1. The number of aryl methyl sites for hydroxylation is 2. The average molecular weight is 266 g/mol. The van der Waals surface area contributed by atoms with Crippen molar-refractivity contribution in [2.75, 3.05) is 5.32 Å². The van der Waals surface area contributed by atoms with Gasteiger partial charge in [-0.05, 0) is 31.5 Å². The Morgan fingerprint density at radius 1 is 1.22 bits per heavy atom. The molecular weight excluding hydrogens is 253 g/mol. The molecule has 0 bridgehead atoms. The van der Waals surface area contributed by atoms with Crippen LogP contribution >= 0.6 is 11.6 Å². The van der Waals surface area contributed by atoms with E-state index in [0.29, 0.717) is 17.5 Å². The smallest absolute Gasteiger partial charge is 0.171 e. The van der Waals surface area contributed by atoms with Crippen LogP contribution in [-0.4, -0.2) is 9.97 Å². The Morgan fingerprint density at radius 2 is 1.94 bits per heavy atom. The Kier molecular flexibility index (Phi) is 3.77. The highest BCUT2D eigenvalue weighted by atomic mass is 35.5. The van der Waals surface area contributed by atoms with E-state index < -0.39 is 0 Å². The highest BCUT2D eigenvalue weighted by Gasteiger charge is 2.06. The maximum atomic E-state index is 13.0. The third-order valence-electron chi connectivity index (χ3n) is 2.61. The van der Waals surface area contributed by atoms with Crippen molar-refractivity contribution in [3.05, 3.63) is 52.2 Å². The highest BCUT2D eigenvalue weighted by molar-refractivity contribution is 6.31. The molecule has 0 atom stereocenters. The van der Waals surface area contributed by atoms with E-state index in [2.05, 4.69) is 15.3 Å². The fraction of sp³-hybridized carbons (Fsp3) is 0.231. The normalized spacial score (nSPS) is 10.4. The van der Waals surface area contributed by atoms with Crippen LogP contribution in [0.5, 0.6) is 0 Å². The summed E-state index contributed by atoms with van der Waals surface area (Å²) in [5.41, 5.74) is 2.45. The second-order valence-electron chi connectivity index (χ2n) is 4.02. The number of halogens is 2. The first-order valence-electron chi connectivity index (χ1n) is 5.55. The summed E-state index contributed by atoms with van der Waals surface area (Å²) in [6.07, 6.45) is 0. The number of anilines is 1. The van der Waals surface area contributed by atoms with Crippen molar-refractivity contribution in [1.29, 1.82) is 0 Å². The molecule has 0 fully saturated rings. The summed E-state index contributed by atoms with van der Waals surface area (Å²) in [7, 11) is 0. The van der Waals surface area contributed by atoms with Gasteiger partial charge in [0.25, 0.3) is 0 Å². The minimum atomic E-state index is -0.258. The van der Waals surface area contributed by atoms with Crippen molar-refractivity contribution in [3.63, 3.8) is 0 Å². The molecule has 0 amide bonds. The molecule has 0 unspecified atom stereocenters. The van der Waals surface area contributed by atoms with Crippen molar-refractivity contribution < 1.29 is 4.39 Å². The SMILES string of the molecule is Cc1nc(Cl)c(NCc2cccc(F)c2)nc1C. The molecule has 0 radical (unpaired) electrons. The molecule has 1 aromatic carbocycles. The summed E-state index contributed by atoms with van der Waals surface area (Å²) in [4.78, 5) is 8.48. The number of hydrogen-bond donors (Lipinski definition) is 1. The van der Waals surface area contributed by atoms with Crippen LogP contribution in [0.3, 0.4) is 0 Å². The summed E-state index contributed by atoms with van der Waals surface area (Å²) < 4.78 is 13.0. The van der Waals surface area contributed by atoms with Gasteiger partial charge in [0.2, 0.25) is 0 Å². The first-order valence-corrected chi connectivity index (χ1v) is 5.93. The maximum Gasteiger partial charge on any atom is 0.171 e. The van der Waals surface area contributed by atoms with Crippen LogP contribution in [0, 0.1) is 19.7 Å². The lowest BCUT2D eigenvalue weighted by Crippen LogP contribution is -2.05. The predicted octanol–water partition coefficient (Wildman–Crippen LogP) is 3.50. The Morgan fingerprint density at radius 3 is 2.67 bits per heavy atom. The molecule has 1 N–H and O–H groups in total. The van der Waals surface area contributed by atoms with Gasteiger partial charge in [0.05, 0.1) is 11.4 Å². The van der Waals surface area contributed by atoms with Crippen LogP contribution < -0.4 is 5.32 Å². The van der Waals surface area contributed by atoms with Crippen LogP contribution in [0.4, 0.5) is 10.2 Å². The van der Waals surface area contributed by atoms with Gasteiger partial charge in [0.1, 0.15) is 5.82 Å². The molecule has 0 saturated heterocycles. The minimum Gasteiger partial charge on any atom is -0.363 e. The van der Waals surface area contributed by atoms with Crippen LogP contribution in [-0.2, 0) is 6.54 Å². The molecule has 0 saturated carbocycles. The van der Waals surface area contributed by atoms with E-state index in [-0.39, 0.29) is 5.82 Å². The molecule has 1 heterocycles. The second kappa shape index (κ2) is 5.31. The van der Waals surface area contributed by atoms with Crippen molar-refractivity contribution >= 4 is 17.4 Å². The Labute approximate surface area is 110 Å². The molecule has 0 aliphatic rings. The predicted molar refractivity (Wildman–Crippen MR) is 70.2 cm³/mol. The molecule has 1 aromatic heterocycles. The van der Waals surface area contributed by atoms with E-state index in [0.717, 1.165) is 17.0 Å². The maximum absolute atomic E-state index is 13.0. The molecule has 94 valence electrons. The zero-order valence-electron chi connectivity index (χ0n) is 10.2. The van der Waals surface area contributed by atoms with E-state index >= 15 is 0 Å². The van der Waals surface area contributed by atoms with Gasteiger partial charge < -0.3 is 5.32 Å². The fourth-order valence-corrected chi connectivity index (χ4v) is 1.76. The third kappa shape index (κ3) is 2.96. The van der Waals surface area contributed by atoms with Crippen LogP contribution in [0.25, 0.3) is 0 Å². The highest BCUT2D eigenvalue weighted by Crippen LogP contribution is 2.19. The first-order chi connectivity index (χ1) is 8.56.